The molecule has 0 fully saturated rings. The monoisotopic (exact) mass is 241 g/mol. The molecule has 0 aliphatic rings. The van der Waals surface area contributed by atoms with Gasteiger partial charge in [0.15, 0.2) is 0 Å². The van der Waals surface area contributed by atoms with Crippen LogP contribution in [0.2, 0.25) is 5.02 Å². The van der Waals surface area contributed by atoms with E-state index in [0.29, 0.717) is 17.0 Å². The highest BCUT2D eigenvalue weighted by atomic mass is 35.5. The lowest BCUT2D eigenvalue weighted by atomic mass is 10.0. The van der Waals surface area contributed by atoms with Crippen molar-refractivity contribution in [2.24, 2.45) is 5.92 Å². The molecule has 0 saturated carbocycles. The lowest BCUT2D eigenvalue weighted by Crippen LogP contribution is -2.31. The van der Waals surface area contributed by atoms with Crippen LogP contribution in [0.1, 0.15) is 32.8 Å². The molecule has 1 rings (SSSR count). The SMILES string of the molecule is CCC(C)C(C)NCc1ccc(O)c(Cl)c1. The Hall–Kier alpha value is -0.730. The largest absolute Gasteiger partial charge is 0.506 e. The summed E-state index contributed by atoms with van der Waals surface area (Å²) in [5.74, 6) is 0.799. The molecule has 1 aromatic carbocycles. The first-order chi connectivity index (χ1) is 7.54. The standard InChI is InChI=1S/C13H20ClNO/c1-4-9(2)10(3)15-8-11-5-6-13(16)12(14)7-11/h5-7,9-10,15-16H,4,8H2,1-3H3. The van der Waals surface area contributed by atoms with E-state index in [1.165, 1.54) is 6.42 Å². The second kappa shape index (κ2) is 6.12. The van der Waals surface area contributed by atoms with Crippen molar-refractivity contribution in [1.29, 1.82) is 0 Å². The van der Waals surface area contributed by atoms with E-state index >= 15 is 0 Å². The van der Waals surface area contributed by atoms with E-state index in [1.54, 1.807) is 12.1 Å². The van der Waals surface area contributed by atoms with Crippen molar-refractivity contribution in [1.82, 2.24) is 5.32 Å². The quantitative estimate of drug-likeness (QED) is 0.826. The fourth-order valence-electron chi connectivity index (χ4n) is 1.49. The molecule has 0 saturated heterocycles. The van der Waals surface area contributed by atoms with Crippen LogP contribution < -0.4 is 5.32 Å². The average Bonchev–Trinajstić information content (AvgIpc) is 2.29. The molecule has 0 heterocycles. The summed E-state index contributed by atoms with van der Waals surface area (Å²) in [5.41, 5.74) is 1.10. The zero-order chi connectivity index (χ0) is 12.1. The molecule has 1 aromatic rings. The number of rotatable bonds is 5. The van der Waals surface area contributed by atoms with Crippen LogP contribution in [-0.2, 0) is 6.54 Å². The summed E-state index contributed by atoms with van der Waals surface area (Å²) in [6.45, 7) is 7.41. The van der Waals surface area contributed by atoms with E-state index in [4.69, 9.17) is 11.6 Å². The van der Waals surface area contributed by atoms with E-state index in [9.17, 15) is 5.11 Å². The number of phenols is 1. The van der Waals surface area contributed by atoms with E-state index in [0.717, 1.165) is 12.1 Å². The van der Waals surface area contributed by atoms with Gasteiger partial charge >= 0.3 is 0 Å². The van der Waals surface area contributed by atoms with Crippen molar-refractivity contribution in [3.8, 4) is 5.75 Å². The average molecular weight is 242 g/mol. The van der Waals surface area contributed by atoms with Gasteiger partial charge in [-0.3, -0.25) is 0 Å². The van der Waals surface area contributed by atoms with Crippen molar-refractivity contribution in [2.75, 3.05) is 0 Å². The summed E-state index contributed by atoms with van der Waals surface area (Å²) in [7, 11) is 0. The molecule has 0 spiro atoms. The zero-order valence-corrected chi connectivity index (χ0v) is 10.9. The number of halogens is 1. The molecule has 0 aliphatic carbocycles. The summed E-state index contributed by atoms with van der Waals surface area (Å²) in [6, 6.07) is 5.80. The first kappa shape index (κ1) is 13.3. The van der Waals surface area contributed by atoms with Gasteiger partial charge < -0.3 is 10.4 Å². The van der Waals surface area contributed by atoms with Gasteiger partial charge in [0, 0.05) is 12.6 Å². The Kier molecular flexibility index (Phi) is 5.10. The van der Waals surface area contributed by atoms with Crippen LogP contribution in [0.3, 0.4) is 0 Å². The number of hydrogen-bond donors (Lipinski definition) is 2. The Morgan fingerprint density at radius 3 is 2.62 bits per heavy atom. The third-order valence-electron chi connectivity index (χ3n) is 3.14. The Balaban J connectivity index is 2.51. The topological polar surface area (TPSA) is 32.3 Å². The van der Waals surface area contributed by atoms with Gasteiger partial charge in [0.2, 0.25) is 0 Å². The molecule has 0 bridgehead atoms. The predicted octanol–water partition coefficient (Wildman–Crippen LogP) is 3.57. The van der Waals surface area contributed by atoms with Crippen molar-refractivity contribution in [2.45, 2.75) is 39.8 Å². The zero-order valence-electron chi connectivity index (χ0n) is 10.1. The second-order valence-electron chi connectivity index (χ2n) is 4.34. The predicted molar refractivity (Wildman–Crippen MR) is 68.9 cm³/mol. The summed E-state index contributed by atoms with van der Waals surface area (Å²) in [4.78, 5) is 0. The maximum Gasteiger partial charge on any atom is 0.134 e. The molecule has 2 N–H and O–H groups in total. The fourth-order valence-corrected chi connectivity index (χ4v) is 1.70. The van der Waals surface area contributed by atoms with Gasteiger partial charge in [0.1, 0.15) is 5.75 Å². The molecule has 0 aromatic heterocycles. The first-order valence-electron chi connectivity index (χ1n) is 5.75. The van der Waals surface area contributed by atoms with Crippen LogP contribution in [0.4, 0.5) is 0 Å². The van der Waals surface area contributed by atoms with Crippen molar-refractivity contribution in [3.63, 3.8) is 0 Å². The molecule has 0 aliphatic heterocycles. The summed E-state index contributed by atoms with van der Waals surface area (Å²) in [5, 5.41) is 13.2. The molecular weight excluding hydrogens is 222 g/mol. The van der Waals surface area contributed by atoms with Gasteiger partial charge in [-0.15, -0.1) is 0 Å². The molecule has 0 radical (unpaired) electrons. The Labute approximate surface area is 103 Å². The van der Waals surface area contributed by atoms with Gasteiger partial charge in [-0.1, -0.05) is 37.9 Å². The first-order valence-corrected chi connectivity index (χ1v) is 6.13. The third kappa shape index (κ3) is 3.69. The van der Waals surface area contributed by atoms with Crippen LogP contribution in [0.15, 0.2) is 18.2 Å². The van der Waals surface area contributed by atoms with Crippen LogP contribution in [0, 0.1) is 5.92 Å². The number of hydrogen-bond acceptors (Lipinski definition) is 2. The van der Waals surface area contributed by atoms with Gasteiger partial charge in [0.05, 0.1) is 5.02 Å². The number of phenolic OH excluding ortho intramolecular Hbond substituents is 1. The lowest BCUT2D eigenvalue weighted by molar-refractivity contribution is 0.389. The van der Waals surface area contributed by atoms with Crippen molar-refractivity contribution >= 4 is 11.6 Å². The molecule has 2 nitrogen and oxygen atoms in total. The maximum absolute atomic E-state index is 9.30. The summed E-state index contributed by atoms with van der Waals surface area (Å²) >= 11 is 5.84. The van der Waals surface area contributed by atoms with E-state index in [1.807, 2.05) is 6.07 Å². The maximum atomic E-state index is 9.30. The summed E-state index contributed by atoms with van der Waals surface area (Å²) in [6.07, 6.45) is 1.17. The van der Waals surface area contributed by atoms with Crippen LogP contribution in [0.25, 0.3) is 0 Å². The van der Waals surface area contributed by atoms with E-state index in [2.05, 4.69) is 26.1 Å². The highest BCUT2D eigenvalue weighted by Crippen LogP contribution is 2.23. The van der Waals surface area contributed by atoms with Gasteiger partial charge in [-0.25, -0.2) is 0 Å². The minimum absolute atomic E-state index is 0.139. The van der Waals surface area contributed by atoms with Crippen LogP contribution in [0.5, 0.6) is 5.75 Å². The lowest BCUT2D eigenvalue weighted by Gasteiger charge is -2.20. The molecule has 16 heavy (non-hydrogen) atoms. The van der Waals surface area contributed by atoms with E-state index < -0.39 is 0 Å². The van der Waals surface area contributed by atoms with Crippen LogP contribution >= 0.6 is 11.6 Å². The molecule has 90 valence electrons. The normalized spacial score (nSPS) is 14.8. The second-order valence-corrected chi connectivity index (χ2v) is 4.75. The van der Waals surface area contributed by atoms with Crippen LogP contribution in [-0.4, -0.2) is 11.1 Å². The molecule has 2 unspecified atom stereocenters. The van der Waals surface area contributed by atoms with E-state index in [-0.39, 0.29) is 5.75 Å². The molecule has 0 amide bonds. The van der Waals surface area contributed by atoms with Gasteiger partial charge in [-0.05, 0) is 30.5 Å². The minimum Gasteiger partial charge on any atom is -0.506 e. The summed E-state index contributed by atoms with van der Waals surface area (Å²) < 4.78 is 0. The highest BCUT2D eigenvalue weighted by Gasteiger charge is 2.09. The highest BCUT2D eigenvalue weighted by molar-refractivity contribution is 6.32. The number of aromatic hydroxyl groups is 1. The fraction of sp³-hybridized carbons (Fsp3) is 0.538. The third-order valence-corrected chi connectivity index (χ3v) is 3.44. The molecular formula is C13H20ClNO. The Morgan fingerprint density at radius 1 is 1.38 bits per heavy atom. The molecule has 3 heteroatoms. The van der Waals surface area contributed by atoms with Crippen molar-refractivity contribution in [3.05, 3.63) is 28.8 Å². The van der Waals surface area contributed by atoms with Gasteiger partial charge in [0.25, 0.3) is 0 Å². The molecule has 2 atom stereocenters. The minimum atomic E-state index is 0.139. The Bertz CT molecular complexity index is 341. The number of nitrogens with one attached hydrogen (secondary N) is 1. The number of benzene rings is 1. The van der Waals surface area contributed by atoms with Gasteiger partial charge in [-0.2, -0.15) is 0 Å². The Morgan fingerprint density at radius 2 is 2.06 bits per heavy atom. The smallest absolute Gasteiger partial charge is 0.134 e. The van der Waals surface area contributed by atoms with Crippen molar-refractivity contribution < 1.29 is 5.11 Å².